The Bertz CT molecular complexity index is 189. The van der Waals surface area contributed by atoms with Crippen LogP contribution >= 0.6 is 0 Å². The molecule has 0 saturated heterocycles. The van der Waals surface area contributed by atoms with E-state index in [0.29, 0.717) is 6.54 Å². The lowest BCUT2D eigenvalue weighted by molar-refractivity contribution is -0.143. The topological polar surface area (TPSA) is 55.4 Å². The molecule has 74 valence electrons. The molecular formula is C9H15NO3. The lowest BCUT2D eigenvalue weighted by atomic mass is 10.3. The number of unbranched alkanes of at least 4 members (excludes halogenated alkanes) is 1. The molecular weight excluding hydrogens is 170 g/mol. The van der Waals surface area contributed by atoms with Crippen LogP contribution in [0.3, 0.4) is 0 Å². The summed E-state index contributed by atoms with van der Waals surface area (Å²) in [4.78, 5) is 21.4. The first-order valence-corrected chi connectivity index (χ1v) is 4.26. The van der Waals surface area contributed by atoms with E-state index in [2.05, 4.69) is 16.6 Å². The van der Waals surface area contributed by atoms with Crippen LogP contribution in [0, 0.1) is 0 Å². The Morgan fingerprint density at radius 1 is 1.54 bits per heavy atom. The fourth-order valence-corrected chi connectivity index (χ4v) is 0.651. The van der Waals surface area contributed by atoms with Gasteiger partial charge in [0.2, 0.25) is 0 Å². The van der Waals surface area contributed by atoms with Gasteiger partial charge < -0.3 is 10.1 Å². The molecule has 0 saturated carbocycles. The van der Waals surface area contributed by atoms with E-state index in [1.165, 1.54) is 0 Å². The van der Waals surface area contributed by atoms with Crippen molar-refractivity contribution in [1.82, 2.24) is 5.32 Å². The molecule has 1 N–H and O–H groups in total. The minimum absolute atomic E-state index is 0.228. The van der Waals surface area contributed by atoms with Crippen molar-refractivity contribution in [2.75, 3.05) is 13.2 Å². The first-order valence-electron chi connectivity index (χ1n) is 4.26. The van der Waals surface area contributed by atoms with Crippen LogP contribution in [0.25, 0.3) is 0 Å². The molecule has 0 rings (SSSR count). The number of amides is 1. The highest BCUT2D eigenvalue weighted by atomic mass is 16.5. The third kappa shape index (κ3) is 7.05. The summed E-state index contributed by atoms with van der Waals surface area (Å²) in [5, 5.41) is 2.61. The zero-order chi connectivity index (χ0) is 10.1. The molecule has 0 aliphatic heterocycles. The molecule has 0 aliphatic rings. The van der Waals surface area contributed by atoms with Crippen molar-refractivity contribution in [3.8, 4) is 0 Å². The molecule has 4 nitrogen and oxygen atoms in total. The summed E-state index contributed by atoms with van der Waals surface area (Å²) in [6.45, 7) is 5.64. The Balaban J connectivity index is 3.40. The summed E-state index contributed by atoms with van der Waals surface area (Å²) in [7, 11) is 0. The Hall–Kier alpha value is -1.32. The number of esters is 1. The van der Waals surface area contributed by atoms with Crippen molar-refractivity contribution in [2.24, 2.45) is 0 Å². The molecule has 0 aromatic carbocycles. The van der Waals surface area contributed by atoms with Gasteiger partial charge in [-0.3, -0.25) is 4.79 Å². The van der Waals surface area contributed by atoms with Gasteiger partial charge in [0, 0.05) is 12.6 Å². The summed E-state index contributed by atoms with van der Waals surface area (Å²) in [6.07, 6.45) is 2.98. The second-order valence-electron chi connectivity index (χ2n) is 2.52. The van der Waals surface area contributed by atoms with Crippen molar-refractivity contribution >= 4 is 11.9 Å². The molecule has 1 amide bonds. The summed E-state index contributed by atoms with van der Waals surface area (Å²) in [5.74, 6) is -0.853. The summed E-state index contributed by atoms with van der Waals surface area (Å²) in [5.41, 5.74) is 0. The van der Waals surface area contributed by atoms with Crippen molar-refractivity contribution < 1.29 is 14.3 Å². The molecule has 13 heavy (non-hydrogen) atoms. The van der Waals surface area contributed by atoms with Gasteiger partial charge >= 0.3 is 5.97 Å². The largest absolute Gasteiger partial charge is 0.452 e. The summed E-state index contributed by atoms with van der Waals surface area (Å²) < 4.78 is 4.51. The number of rotatable bonds is 6. The molecule has 0 bridgehead atoms. The van der Waals surface area contributed by atoms with Crippen LogP contribution in [0.4, 0.5) is 0 Å². The number of carbonyl (C=O) groups excluding carboxylic acids is 2. The average Bonchev–Trinajstić information content (AvgIpc) is 2.14. The van der Waals surface area contributed by atoms with E-state index in [9.17, 15) is 9.59 Å². The van der Waals surface area contributed by atoms with Crippen LogP contribution in [0.5, 0.6) is 0 Å². The predicted octanol–water partition coefficient (Wildman–Crippen LogP) is 0.632. The molecule has 0 radical (unpaired) electrons. The van der Waals surface area contributed by atoms with Gasteiger partial charge in [-0.2, -0.15) is 0 Å². The van der Waals surface area contributed by atoms with E-state index < -0.39 is 5.97 Å². The number of hydrogen-bond acceptors (Lipinski definition) is 3. The standard InChI is InChI=1S/C9H15NO3/c1-3-5-6-10-8(11)7-13-9(12)4-2/h4H,2-3,5-7H2,1H3,(H,10,11). The minimum atomic E-state index is -0.578. The molecule has 0 aromatic heterocycles. The van der Waals surface area contributed by atoms with E-state index in [-0.39, 0.29) is 12.5 Å². The quantitative estimate of drug-likeness (QED) is 0.375. The van der Waals surface area contributed by atoms with Gasteiger partial charge in [0.25, 0.3) is 5.91 Å². The number of hydrogen-bond donors (Lipinski definition) is 1. The van der Waals surface area contributed by atoms with E-state index in [1.54, 1.807) is 0 Å². The molecule has 0 unspecified atom stereocenters. The summed E-state index contributed by atoms with van der Waals surface area (Å²) >= 11 is 0. The molecule has 0 aliphatic carbocycles. The zero-order valence-corrected chi connectivity index (χ0v) is 7.84. The van der Waals surface area contributed by atoms with Crippen molar-refractivity contribution in [2.45, 2.75) is 19.8 Å². The number of carbonyl (C=O) groups is 2. The smallest absolute Gasteiger partial charge is 0.330 e. The van der Waals surface area contributed by atoms with Gasteiger partial charge in [-0.1, -0.05) is 19.9 Å². The van der Waals surface area contributed by atoms with Crippen LogP contribution in [0.1, 0.15) is 19.8 Å². The second-order valence-corrected chi connectivity index (χ2v) is 2.52. The van der Waals surface area contributed by atoms with E-state index in [1.807, 2.05) is 6.92 Å². The summed E-state index contributed by atoms with van der Waals surface area (Å²) in [6, 6.07) is 0. The van der Waals surface area contributed by atoms with E-state index in [0.717, 1.165) is 18.9 Å². The lowest BCUT2D eigenvalue weighted by Crippen LogP contribution is -2.29. The molecule has 0 atom stereocenters. The first-order chi connectivity index (χ1) is 6.20. The Morgan fingerprint density at radius 2 is 2.23 bits per heavy atom. The van der Waals surface area contributed by atoms with Crippen LogP contribution in [0.15, 0.2) is 12.7 Å². The zero-order valence-electron chi connectivity index (χ0n) is 7.84. The molecule has 0 spiro atoms. The maximum absolute atomic E-state index is 10.9. The van der Waals surface area contributed by atoms with Crippen molar-refractivity contribution in [3.05, 3.63) is 12.7 Å². The molecule has 4 heteroatoms. The highest BCUT2D eigenvalue weighted by Crippen LogP contribution is 1.83. The highest BCUT2D eigenvalue weighted by molar-refractivity contribution is 5.85. The average molecular weight is 185 g/mol. The lowest BCUT2D eigenvalue weighted by Gasteiger charge is -2.03. The Labute approximate surface area is 78.0 Å². The second kappa shape index (κ2) is 7.34. The number of ether oxygens (including phenoxy) is 1. The fraction of sp³-hybridized carbons (Fsp3) is 0.556. The van der Waals surface area contributed by atoms with Crippen LogP contribution in [-0.4, -0.2) is 25.0 Å². The Morgan fingerprint density at radius 3 is 2.77 bits per heavy atom. The van der Waals surface area contributed by atoms with Crippen molar-refractivity contribution in [1.29, 1.82) is 0 Å². The van der Waals surface area contributed by atoms with Crippen LogP contribution in [0.2, 0.25) is 0 Å². The first kappa shape index (κ1) is 11.7. The minimum Gasteiger partial charge on any atom is -0.452 e. The van der Waals surface area contributed by atoms with Gasteiger partial charge in [0.05, 0.1) is 0 Å². The van der Waals surface area contributed by atoms with Gasteiger partial charge in [-0.05, 0) is 6.42 Å². The van der Waals surface area contributed by atoms with Crippen LogP contribution in [-0.2, 0) is 14.3 Å². The third-order valence-electron chi connectivity index (χ3n) is 1.36. The molecule has 0 heterocycles. The molecule has 0 aromatic rings. The third-order valence-corrected chi connectivity index (χ3v) is 1.36. The normalized spacial score (nSPS) is 9.00. The Kier molecular flexibility index (Phi) is 6.59. The highest BCUT2D eigenvalue weighted by Gasteiger charge is 2.02. The van der Waals surface area contributed by atoms with E-state index >= 15 is 0 Å². The fourth-order valence-electron chi connectivity index (χ4n) is 0.651. The SMILES string of the molecule is C=CC(=O)OCC(=O)NCCCC. The maximum Gasteiger partial charge on any atom is 0.330 e. The predicted molar refractivity (Wildman–Crippen MR) is 49.1 cm³/mol. The van der Waals surface area contributed by atoms with Crippen molar-refractivity contribution in [3.63, 3.8) is 0 Å². The number of nitrogens with one attached hydrogen (secondary N) is 1. The van der Waals surface area contributed by atoms with Gasteiger partial charge in [0.1, 0.15) is 0 Å². The van der Waals surface area contributed by atoms with Gasteiger partial charge in [0.15, 0.2) is 6.61 Å². The van der Waals surface area contributed by atoms with E-state index in [4.69, 9.17) is 0 Å². The van der Waals surface area contributed by atoms with Gasteiger partial charge in [-0.25, -0.2) is 4.79 Å². The molecule has 0 fully saturated rings. The van der Waals surface area contributed by atoms with Gasteiger partial charge in [-0.15, -0.1) is 0 Å². The monoisotopic (exact) mass is 185 g/mol. The maximum atomic E-state index is 10.9. The van der Waals surface area contributed by atoms with Crippen LogP contribution < -0.4 is 5.32 Å².